The minimum atomic E-state index is -0.239. The number of ether oxygens (including phenoxy) is 1. The number of benzene rings is 1. The molecule has 5 nitrogen and oxygen atoms in total. The largest absolute Gasteiger partial charge is 0.492 e. The van der Waals surface area contributed by atoms with Gasteiger partial charge in [-0.15, -0.1) is 0 Å². The molecule has 0 amide bonds. The molecule has 0 bridgehead atoms. The van der Waals surface area contributed by atoms with Crippen LogP contribution < -0.4 is 10.1 Å². The summed E-state index contributed by atoms with van der Waals surface area (Å²) in [7, 11) is 0. The average molecular weight is 291 g/mol. The van der Waals surface area contributed by atoms with Crippen LogP contribution in [0.1, 0.15) is 18.9 Å². The number of aryl methyl sites for hydroxylation is 1. The van der Waals surface area contributed by atoms with Gasteiger partial charge >= 0.3 is 0 Å². The second-order valence-electron chi connectivity index (χ2n) is 5.29. The number of aliphatic hydroxyl groups is 1. The van der Waals surface area contributed by atoms with E-state index in [2.05, 4.69) is 15.2 Å². The van der Waals surface area contributed by atoms with Crippen LogP contribution in [0, 0.1) is 6.92 Å². The molecule has 0 aliphatic carbocycles. The highest BCUT2D eigenvalue weighted by Crippen LogP contribution is 2.12. The second-order valence-corrected chi connectivity index (χ2v) is 5.29. The molecule has 1 heterocycles. The fourth-order valence-electron chi connectivity index (χ4n) is 2.38. The molecule has 1 aromatic rings. The van der Waals surface area contributed by atoms with Crippen molar-refractivity contribution < 1.29 is 9.84 Å². The topological polar surface area (TPSA) is 57.1 Å². The normalized spacial score (nSPS) is 18.9. The molecule has 1 aliphatic heterocycles. The maximum absolute atomic E-state index is 9.61. The first-order valence-electron chi connectivity index (χ1n) is 7.60. The fourth-order valence-corrected chi connectivity index (χ4v) is 2.38. The summed E-state index contributed by atoms with van der Waals surface area (Å²) < 4.78 is 5.70. The number of β-amino-alcohol motifs (C(OH)–C–C–N with tert-alkyl or cyclic N) is 1. The molecule has 5 heteroatoms. The van der Waals surface area contributed by atoms with Gasteiger partial charge in [-0.3, -0.25) is 0 Å². The molecule has 1 fully saturated rings. The van der Waals surface area contributed by atoms with Crippen LogP contribution in [0.25, 0.3) is 0 Å². The molecule has 1 aliphatic rings. The number of hydrogen-bond acceptors (Lipinski definition) is 3. The maximum Gasteiger partial charge on any atom is 0.194 e. The highest BCUT2D eigenvalue weighted by atomic mass is 16.5. The van der Waals surface area contributed by atoms with E-state index < -0.39 is 0 Å². The molecule has 0 saturated carbocycles. The van der Waals surface area contributed by atoms with Crippen LogP contribution in [0.4, 0.5) is 0 Å². The third-order valence-electron chi connectivity index (χ3n) is 3.41. The third-order valence-corrected chi connectivity index (χ3v) is 3.41. The summed E-state index contributed by atoms with van der Waals surface area (Å²) in [6.45, 7) is 7.58. The lowest BCUT2D eigenvalue weighted by Crippen LogP contribution is -2.40. The van der Waals surface area contributed by atoms with E-state index in [0.29, 0.717) is 19.7 Å². The van der Waals surface area contributed by atoms with Crippen molar-refractivity contribution >= 4 is 5.96 Å². The van der Waals surface area contributed by atoms with Gasteiger partial charge in [-0.25, -0.2) is 4.99 Å². The maximum atomic E-state index is 9.61. The lowest BCUT2D eigenvalue weighted by atomic mass is 10.2. The molecule has 0 radical (unpaired) electrons. The van der Waals surface area contributed by atoms with E-state index >= 15 is 0 Å². The van der Waals surface area contributed by atoms with Gasteiger partial charge in [-0.2, -0.15) is 0 Å². The lowest BCUT2D eigenvalue weighted by Gasteiger charge is -2.20. The van der Waals surface area contributed by atoms with Gasteiger partial charge in [0, 0.05) is 19.6 Å². The van der Waals surface area contributed by atoms with Gasteiger partial charge in [-0.05, 0) is 38.0 Å². The molecule has 21 heavy (non-hydrogen) atoms. The van der Waals surface area contributed by atoms with Crippen molar-refractivity contribution in [2.45, 2.75) is 26.4 Å². The van der Waals surface area contributed by atoms with Crippen LogP contribution in [-0.4, -0.2) is 54.9 Å². The van der Waals surface area contributed by atoms with Crippen molar-refractivity contribution in [3.05, 3.63) is 29.8 Å². The summed E-state index contributed by atoms with van der Waals surface area (Å²) in [6.07, 6.45) is 0.571. The molecule has 0 unspecified atom stereocenters. The van der Waals surface area contributed by atoms with Crippen molar-refractivity contribution in [1.29, 1.82) is 0 Å². The molecule has 116 valence electrons. The zero-order valence-corrected chi connectivity index (χ0v) is 12.9. The van der Waals surface area contributed by atoms with Gasteiger partial charge in [0.1, 0.15) is 12.4 Å². The Balaban J connectivity index is 1.82. The molecule has 1 saturated heterocycles. The van der Waals surface area contributed by atoms with Gasteiger partial charge in [0.15, 0.2) is 5.96 Å². The summed E-state index contributed by atoms with van der Waals surface area (Å²) in [4.78, 5) is 6.66. The summed E-state index contributed by atoms with van der Waals surface area (Å²) in [5.74, 6) is 1.74. The van der Waals surface area contributed by atoms with Gasteiger partial charge in [0.2, 0.25) is 0 Å². The summed E-state index contributed by atoms with van der Waals surface area (Å²) in [6, 6.07) is 8.01. The van der Waals surface area contributed by atoms with E-state index in [1.165, 1.54) is 5.56 Å². The van der Waals surface area contributed by atoms with E-state index in [-0.39, 0.29) is 6.10 Å². The van der Waals surface area contributed by atoms with E-state index in [0.717, 1.165) is 31.2 Å². The number of aliphatic imine (C=N–C) groups is 1. The first-order chi connectivity index (χ1) is 10.2. The predicted octanol–water partition coefficient (Wildman–Crippen LogP) is 1.41. The first kappa shape index (κ1) is 15.6. The van der Waals surface area contributed by atoms with Gasteiger partial charge in [0.05, 0.1) is 12.6 Å². The Morgan fingerprint density at radius 3 is 3.05 bits per heavy atom. The van der Waals surface area contributed by atoms with Gasteiger partial charge < -0.3 is 20.1 Å². The molecule has 2 rings (SSSR count). The zero-order chi connectivity index (χ0) is 15.1. The van der Waals surface area contributed by atoms with Crippen LogP contribution >= 0.6 is 0 Å². The van der Waals surface area contributed by atoms with Crippen molar-refractivity contribution in [2.75, 3.05) is 32.8 Å². The van der Waals surface area contributed by atoms with Crippen LogP contribution in [0.2, 0.25) is 0 Å². The number of nitrogens with one attached hydrogen (secondary N) is 1. The Morgan fingerprint density at radius 2 is 2.38 bits per heavy atom. The number of hydrogen-bond donors (Lipinski definition) is 2. The highest BCUT2D eigenvalue weighted by molar-refractivity contribution is 5.80. The lowest BCUT2D eigenvalue weighted by molar-refractivity contribution is 0.187. The standard InChI is InChI=1S/C16H25N3O2/c1-3-17-16(19-9-7-14(20)12-19)18-8-10-21-15-6-4-5-13(2)11-15/h4-6,11,14,20H,3,7-10,12H2,1-2H3,(H,17,18)/t14-/m1/s1. The van der Waals surface area contributed by atoms with Crippen molar-refractivity contribution in [2.24, 2.45) is 4.99 Å². The molecular weight excluding hydrogens is 266 g/mol. The second kappa shape index (κ2) is 7.88. The SMILES string of the molecule is CCNC(=NCCOc1cccc(C)c1)N1CC[C@@H](O)C1. The van der Waals surface area contributed by atoms with Crippen LogP contribution in [0.15, 0.2) is 29.3 Å². The highest BCUT2D eigenvalue weighted by Gasteiger charge is 2.22. The first-order valence-corrected chi connectivity index (χ1v) is 7.60. The van der Waals surface area contributed by atoms with Crippen molar-refractivity contribution in [3.63, 3.8) is 0 Å². The van der Waals surface area contributed by atoms with Crippen LogP contribution in [0.3, 0.4) is 0 Å². The number of likely N-dealkylation sites (tertiary alicyclic amines) is 1. The summed E-state index contributed by atoms with van der Waals surface area (Å²) >= 11 is 0. The van der Waals surface area contributed by atoms with Gasteiger partial charge in [-0.1, -0.05) is 12.1 Å². The number of nitrogens with zero attached hydrogens (tertiary/aromatic N) is 2. The fraction of sp³-hybridized carbons (Fsp3) is 0.562. The molecule has 0 spiro atoms. The minimum Gasteiger partial charge on any atom is -0.492 e. The van der Waals surface area contributed by atoms with E-state index in [9.17, 15) is 5.11 Å². The van der Waals surface area contributed by atoms with Crippen LogP contribution in [0.5, 0.6) is 5.75 Å². The Labute approximate surface area is 126 Å². The smallest absolute Gasteiger partial charge is 0.194 e. The third kappa shape index (κ3) is 4.93. The molecule has 2 N–H and O–H groups in total. The number of aliphatic hydroxyl groups excluding tert-OH is 1. The molecule has 0 aromatic heterocycles. The zero-order valence-electron chi connectivity index (χ0n) is 12.9. The van der Waals surface area contributed by atoms with E-state index in [1.807, 2.05) is 38.1 Å². The molecular formula is C16H25N3O2. The minimum absolute atomic E-state index is 0.239. The Kier molecular flexibility index (Phi) is 5.87. The van der Waals surface area contributed by atoms with E-state index in [1.54, 1.807) is 0 Å². The average Bonchev–Trinajstić information content (AvgIpc) is 2.89. The van der Waals surface area contributed by atoms with E-state index in [4.69, 9.17) is 4.74 Å². The van der Waals surface area contributed by atoms with Crippen molar-refractivity contribution in [1.82, 2.24) is 10.2 Å². The Hall–Kier alpha value is -1.75. The summed E-state index contributed by atoms with van der Waals surface area (Å²) in [5, 5.41) is 12.9. The Bertz CT molecular complexity index is 476. The molecule has 1 atom stereocenters. The van der Waals surface area contributed by atoms with Crippen molar-refractivity contribution in [3.8, 4) is 5.75 Å². The molecule has 1 aromatic carbocycles. The summed E-state index contributed by atoms with van der Waals surface area (Å²) in [5.41, 5.74) is 1.19. The van der Waals surface area contributed by atoms with Gasteiger partial charge in [0.25, 0.3) is 0 Å². The monoisotopic (exact) mass is 291 g/mol. The Morgan fingerprint density at radius 1 is 1.52 bits per heavy atom. The predicted molar refractivity (Wildman–Crippen MR) is 84.8 cm³/mol. The van der Waals surface area contributed by atoms with Crippen LogP contribution in [-0.2, 0) is 0 Å². The number of guanidine groups is 1. The number of rotatable bonds is 5. The quantitative estimate of drug-likeness (QED) is 0.489.